The zero-order chi connectivity index (χ0) is 10.0. The van der Waals surface area contributed by atoms with Crippen LogP contribution in [0.25, 0.3) is 0 Å². The monoisotopic (exact) mass is 196 g/mol. The molecule has 2 fully saturated rings. The minimum Gasteiger partial charge on any atom is -0.317 e. The summed E-state index contributed by atoms with van der Waals surface area (Å²) in [7, 11) is 0. The average molecular weight is 196 g/mol. The van der Waals surface area contributed by atoms with Gasteiger partial charge in [0.15, 0.2) is 0 Å². The fourth-order valence-electron chi connectivity index (χ4n) is 3.02. The minimum absolute atomic E-state index is 0.772. The van der Waals surface area contributed by atoms with Gasteiger partial charge in [0, 0.05) is 6.54 Å². The summed E-state index contributed by atoms with van der Waals surface area (Å²) in [5.74, 6) is 1.02. The molecule has 1 N–H and O–H groups in total. The highest BCUT2D eigenvalue weighted by molar-refractivity contribution is 5.05. The Morgan fingerprint density at radius 1 is 1.21 bits per heavy atom. The van der Waals surface area contributed by atoms with Crippen LogP contribution in [-0.4, -0.2) is 37.6 Å². The van der Waals surface area contributed by atoms with Crippen molar-refractivity contribution in [2.24, 2.45) is 11.3 Å². The Bertz CT molecular complexity index is 181. The lowest BCUT2D eigenvalue weighted by atomic mass is 9.92. The van der Waals surface area contributed by atoms with Crippen LogP contribution in [0.1, 0.15) is 33.1 Å². The fourth-order valence-corrected chi connectivity index (χ4v) is 3.02. The van der Waals surface area contributed by atoms with E-state index >= 15 is 0 Å². The van der Waals surface area contributed by atoms with Crippen molar-refractivity contribution in [3.63, 3.8) is 0 Å². The van der Waals surface area contributed by atoms with E-state index in [1.165, 1.54) is 52.0 Å². The lowest BCUT2D eigenvalue weighted by Crippen LogP contribution is -2.32. The highest BCUT2D eigenvalue weighted by Gasteiger charge is 2.53. The van der Waals surface area contributed by atoms with Crippen LogP contribution in [0.5, 0.6) is 0 Å². The van der Waals surface area contributed by atoms with Crippen molar-refractivity contribution in [2.75, 3.05) is 32.7 Å². The third-order valence-electron chi connectivity index (χ3n) is 4.33. The maximum atomic E-state index is 3.47. The Morgan fingerprint density at radius 3 is 2.43 bits per heavy atom. The number of piperidine rings is 1. The molecule has 1 saturated carbocycles. The molecule has 0 radical (unpaired) electrons. The number of hydrogen-bond acceptors (Lipinski definition) is 2. The Morgan fingerprint density at radius 2 is 1.86 bits per heavy atom. The molecule has 14 heavy (non-hydrogen) atoms. The molecule has 1 saturated heterocycles. The topological polar surface area (TPSA) is 15.3 Å². The van der Waals surface area contributed by atoms with Gasteiger partial charge in [-0.1, -0.05) is 13.8 Å². The van der Waals surface area contributed by atoms with Crippen LogP contribution in [0.4, 0.5) is 0 Å². The molecule has 82 valence electrons. The zero-order valence-corrected chi connectivity index (χ0v) is 9.68. The fraction of sp³-hybridized carbons (Fsp3) is 1.00. The van der Waals surface area contributed by atoms with E-state index in [-0.39, 0.29) is 0 Å². The number of rotatable bonds is 4. The maximum Gasteiger partial charge on any atom is 0.00150 e. The first kappa shape index (κ1) is 10.4. The molecule has 2 heteroatoms. The molecule has 2 nitrogen and oxygen atoms in total. The van der Waals surface area contributed by atoms with Crippen LogP contribution in [0, 0.1) is 11.3 Å². The van der Waals surface area contributed by atoms with Crippen molar-refractivity contribution in [1.82, 2.24) is 10.2 Å². The van der Waals surface area contributed by atoms with Crippen LogP contribution in [0.3, 0.4) is 0 Å². The van der Waals surface area contributed by atoms with Gasteiger partial charge in [0.05, 0.1) is 0 Å². The summed E-state index contributed by atoms with van der Waals surface area (Å²) in [4.78, 5) is 2.58. The molecule has 1 aliphatic heterocycles. The molecule has 0 aromatic carbocycles. The van der Waals surface area contributed by atoms with Crippen molar-refractivity contribution >= 4 is 0 Å². The van der Waals surface area contributed by atoms with Crippen molar-refractivity contribution in [2.45, 2.75) is 33.1 Å². The highest BCUT2D eigenvalue weighted by atomic mass is 15.1. The molecule has 1 unspecified atom stereocenters. The average Bonchev–Trinajstić information content (AvgIpc) is 2.88. The zero-order valence-electron chi connectivity index (χ0n) is 9.68. The summed E-state index contributed by atoms with van der Waals surface area (Å²) in [6.45, 7) is 10.9. The molecule has 0 bridgehead atoms. The van der Waals surface area contributed by atoms with Crippen LogP contribution in [0.2, 0.25) is 0 Å². The maximum absolute atomic E-state index is 3.47. The first-order valence-corrected chi connectivity index (χ1v) is 6.24. The molecular formula is C12H24N2. The van der Waals surface area contributed by atoms with E-state index in [0.717, 1.165) is 11.3 Å². The van der Waals surface area contributed by atoms with Crippen LogP contribution < -0.4 is 5.32 Å². The lowest BCUT2D eigenvalue weighted by Gasteiger charge is -2.26. The van der Waals surface area contributed by atoms with E-state index in [2.05, 4.69) is 24.1 Å². The number of hydrogen-bond donors (Lipinski definition) is 1. The van der Waals surface area contributed by atoms with E-state index in [4.69, 9.17) is 0 Å². The summed E-state index contributed by atoms with van der Waals surface area (Å²) >= 11 is 0. The van der Waals surface area contributed by atoms with Crippen molar-refractivity contribution < 1.29 is 0 Å². The Labute approximate surface area is 88.1 Å². The van der Waals surface area contributed by atoms with Gasteiger partial charge in [-0.05, 0) is 56.8 Å². The summed E-state index contributed by atoms with van der Waals surface area (Å²) in [6.07, 6.45) is 4.36. The summed E-state index contributed by atoms with van der Waals surface area (Å²) in [6, 6.07) is 0. The van der Waals surface area contributed by atoms with E-state index in [1.54, 1.807) is 0 Å². The first-order valence-electron chi connectivity index (χ1n) is 6.24. The smallest absolute Gasteiger partial charge is 0.00150 e. The van der Waals surface area contributed by atoms with Crippen LogP contribution in [0.15, 0.2) is 0 Å². The third kappa shape index (κ3) is 1.96. The Balaban J connectivity index is 1.79. The molecule has 0 aromatic heterocycles. The van der Waals surface area contributed by atoms with Crippen LogP contribution in [-0.2, 0) is 0 Å². The molecule has 2 aliphatic rings. The molecule has 0 aromatic rings. The van der Waals surface area contributed by atoms with Gasteiger partial charge >= 0.3 is 0 Å². The van der Waals surface area contributed by atoms with Gasteiger partial charge in [-0.2, -0.15) is 0 Å². The summed E-state index contributed by atoms with van der Waals surface area (Å²) in [5, 5.41) is 3.47. The SMILES string of the molecule is CCN(CC)CC1CC12CCNCC2. The van der Waals surface area contributed by atoms with Gasteiger partial charge in [-0.15, -0.1) is 0 Å². The van der Waals surface area contributed by atoms with E-state index in [9.17, 15) is 0 Å². The minimum atomic E-state index is 0.772. The molecule has 1 atom stereocenters. The highest BCUT2D eigenvalue weighted by Crippen LogP contribution is 2.58. The summed E-state index contributed by atoms with van der Waals surface area (Å²) < 4.78 is 0. The Kier molecular flexibility index (Phi) is 3.13. The van der Waals surface area contributed by atoms with Gasteiger partial charge in [-0.3, -0.25) is 0 Å². The first-order chi connectivity index (χ1) is 6.80. The normalized spacial score (nSPS) is 29.8. The quantitative estimate of drug-likeness (QED) is 0.736. The summed E-state index contributed by atoms with van der Waals surface area (Å²) in [5.41, 5.74) is 0.772. The number of nitrogens with zero attached hydrogens (tertiary/aromatic N) is 1. The van der Waals surface area contributed by atoms with Gasteiger partial charge in [0.1, 0.15) is 0 Å². The second kappa shape index (κ2) is 4.19. The molecule has 0 amide bonds. The van der Waals surface area contributed by atoms with Crippen molar-refractivity contribution in [3.05, 3.63) is 0 Å². The predicted molar refractivity (Wildman–Crippen MR) is 60.4 cm³/mol. The second-order valence-corrected chi connectivity index (χ2v) is 5.00. The molecule has 1 spiro atoms. The van der Waals surface area contributed by atoms with Gasteiger partial charge in [0.25, 0.3) is 0 Å². The lowest BCUT2D eigenvalue weighted by molar-refractivity contribution is 0.246. The molecule has 2 rings (SSSR count). The Hall–Kier alpha value is -0.0800. The third-order valence-corrected chi connectivity index (χ3v) is 4.33. The van der Waals surface area contributed by atoms with Crippen LogP contribution >= 0.6 is 0 Å². The molecule has 1 aliphatic carbocycles. The van der Waals surface area contributed by atoms with Gasteiger partial charge in [0.2, 0.25) is 0 Å². The standard InChI is InChI=1S/C12H24N2/c1-3-14(4-2)10-11-9-12(11)5-7-13-8-6-12/h11,13H,3-10H2,1-2H3. The van der Waals surface area contributed by atoms with E-state index in [1.807, 2.05) is 0 Å². The van der Waals surface area contributed by atoms with Gasteiger partial charge < -0.3 is 10.2 Å². The van der Waals surface area contributed by atoms with Crippen molar-refractivity contribution in [1.29, 1.82) is 0 Å². The van der Waals surface area contributed by atoms with E-state index in [0.29, 0.717) is 0 Å². The predicted octanol–water partition coefficient (Wildman–Crippen LogP) is 1.72. The molecule has 1 heterocycles. The molecular weight excluding hydrogens is 172 g/mol. The number of nitrogens with one attached hydrogen (secondary N) is 1. The van der Waals surface area contributed by atoms with Crippen molar-refractivity contribution in [3.8, 4) is 0 Å². The second-order valence-electron chi connectivity index (χ2n) is 5.00. The van der Waals surface area contributed by atoms with E-state index < -0.39 is 0 Å². The largest absolute Gasteiger partial charge is 0.317 e. The van der Waals surface area contributed by atoms with Gasteiger partial charge in [-0.25, -0.2) is 0 Å².